The van der Waals surface area contributed by atoms with Crippen molar-refractivity contribution in [2.24, 2.45) is 0 Å². The van der Waals surface area contributed by atoms with Crippen LogP contribution in [0.25, 0.3) is 22.0 Å². The molecule has 4 heteroatoms. The van der Waals surface area contributed by atoms with Crippen LogP contribution in [0.2, 0.25) is 5.02 Å². The summed E-state index contributed by atoms with van der Waals surface area (Å²) in [4.78, 5) is 17.2. The first kappa shape index (κ1) is 18.9. The molecule has 3 aromatic rings. The quantitative estimate of drug-likeness (QED) is 0.438. The van der Waals surface area contributed by atoms with Gasteiger partial charge in [-0.3, -0.25) is 4.79 Å². The molecule has 136 valence electrons. The van der Waals surface area contributed by atoms with E-state index in [1.54, 1.807) is 0 Å². The summed E-state index contributed by atoms with van der Waals surface area (Å²) in [6.07, 6.45) is 8.91. The molecule has 3 rings (SSSR count). The summed E-state index contributed by atoms with van der Waals surface area (Å²) in [5.41, 5.74) is 1.93. The summed E-state index contributed by atoms with van der Waals surface area (Å²) in [5.74, 6) is 2.45. The minimum Gasteiger partial charge on any atom is -0.351 e. The number of pyridine rings is 1. The molecule has 0 atom stereocenters. The maximum atomic E-state index is 12.6. The summed E-state index contributed by atoms with van der Waals surface area (Å²) in [7, 11) is 0. The van der Waals surface area contributed by atoms with Gasteiger partial charge in [0.1, 0.15) is 5.69 Å². The fourth-order valence-electron chi connectivity index (χ4n) is 2.99. The Kier molecular flexibility index (Phi) is 6.46. The zero-order valence-electron chi connectivity index (χ0n) is 15.0. The fraction of sp³-hybridized carbons (Fsp3) is 0.217. The summed E-state index contributed by atoms with van der Waals surface area (Å²) >= 11 is 6.38. The average molecular weight is 377 g/mol. The number of aromatic nitrogens is 1. The number of carbonyl (C=O) groups is 1. The van der Waals surface area contributed by atoms with Crippen LogP contribution < -0.4 is 5.32 Å². The highest BCUT2D eigenvalue weighted by Gasteiger charge is 2.14. The van der Waals surface area contributed by atoms with Crippen molar-refractivity contribution in [3.8, 4) is 23.6 Å². The molecule has 1 N–H and O–H groups in total. The molecular formula is C23H21ClN2O. The molecule has 1 aromatic heterocycles. The van der Waals surface area contributed by atoms with Crippen molar-refractivity contribution in [3.63, 3.8) is 0 Å². The van der Waals surface area contributed by atoms with Crippen molar-refractivity contribution in [1.82, 2.24) is 10.3 Å². The lowest BCUT2D eigenvalue weighted by Gasteiger charge is -2.11. The van der Waals surface area contributed by atoms with Gasteiger partial charge in [-0.15, -0.1) is 12.3 Å². The molecule has 27 heavy (non-hydrogen) atoms. The molecular weight excluding hydrogens is 356 g/mol. The molecule has 0 fully saturated rings. The minimum absolute atomic E-state index is 0.175. The molecule has 0 radical (unpaired) electrons. The molecule has 0 spiro atoms. The van der Waals surface area contributed by atoms with Gasteiger partial charge in [0, 0.05) is 28.9 Å². The first-order valence-electron chi connectivity index (χ1n) is 9.07. The maximum absolute atomic E-state index is 12.6. The number of hydrogen-bond acceptors (Lipinski definition) is 2. The molecule has 0 aliphatic heterocycles. The third-order valence-electron chi connectivity index (χ3n) is 4.39. The topological polar surface area (TPSA) is 42.0 Å². The standard InChI is InChI=1S/C23H21ClN2O/c1-2-3-4-5-10-15-25-23(27)21-16-17-11-6-7-12-18(17)22(26-21)19-13-8-9-14-20(19)24/h1,6-9,11-14,16H,3-5,10,15H2,(H,25,27). The first-order chi connectivity index (χ1) is 13.2. The Hall–Kier alpha value is -2.83. The Bertz CT molecular complexity index is 991. The Labute approximate surface area is 164 Å². The number of carbonyl (C=O) groups excluding carboxylic acids is 1. The molecule has 0 bridgehead atoms. The predicted molar refractivity (Wildman–Crippen MR) is 112 cm³/mol. The molecule has 0 aliphatic rings. The number of benzene rings is 2. The Balaban J connectivity index is 1.86. The second kappa shape index (κ2) is 9.21. The van der Waals surface area contributed by atoms with Gasteiger partial charge >= 0.3 is 0 Å². The number of halogens is 1. The van der Waals surface area contributed by atoms with Crippen LogP contribution in [0.5, 0.6) is 0 Å². The van der Waals surface area contributed by atoms with Crippen LogP contribution in [0.15, 0.2) is 54.6 Å². The van der Waals surface area contributed by atoms with E-state index in [2.05, 4.69) is 16.2 Å². The molecule has 0 aliphatic carbocycles. The highest BCUT2D eigenvalue weighted by atomic mass is 35.5. The normalized spacial score (nSPS) is 10.5. The van der Waals surface area contributed by atoms with Gasteiger partial charge in [-0.2, -0.15) is 0 Å². The van der Waals surface area contributed by atoms with Crippen LogP contribution in [0.3, 0.4) is 0 Å². The zero-order valence-corrected chi connectivity index (χ0v) is 15.8. The minimum atomic E-state index is -0.175. The van der Waals surface area contributed by atoms with Crippen molar-refractivity contribution >= 4 is 28.3 Å². The number of rotatable bonds is 7. The van der Waals surface area contributed by atoms with Gasteiger partial charge in [0.05, 0.1) is 5.69 Å². The summed E-state index contributed by atoms with van der Waals surface area (Å²) < 4.78 is 0. The fourth-order valence-corrected chi connectivity index (χ4v) is 3.22. The van der Waals surface area contributed by atoms with Crippen molar-refractivity contribution in [2.45, 2.75) is 25.7 Å². The second-order valence-corrected chi connectivity index (χ2v) is 6.73. The van der Waals surface area contributed by atoms with Crippen LogP contribution in [0.1, 0.15) is 36.2 Å². The first-order valence-corrected chi connectivity index (χ1v) is 9.45. The average Bonchev–Trinajstić information content (AvgIpc) is 2.70. The molecule has 2 aromatic carbocycles. The van der Waals surface area contributed by atoms with Crippen LogP contribution in [-0.2, 0) is 0 Å². The lowest BCUT2D eigenvalue weighted by molar-refractivity contribution is 0.0948. The number of fused-ring (bicyclic) bond motifs is 1. The van der Waals surface area contributed by atoms with Gasteiger partial charge in [0.25, 0.3) is 5.91 Å². The van der Waals surface area contributed by atoms with E-state index >= 15 is 0 Å². The third-order valence-corrected chi connectivity index (χ3v) is 4.72. The molecule has 0 unspecified atom stereocenters. The zero-order chi connectivity index (χ0) is 19.1. The van der Waals surface area contributed by atoms with Crippen LogP contribution in [0, 0.1) is 12.3 Å². The Morgan fingerprint density at radius 3 is 2.67 bits per heavy atom. The van der Waals surface area contributed by atoms with Crippen molar-refractivity contribution in [2.75, 3.05) is 6.54 Å². The highest BCUT2D eigenvalue weighted by molar-refractivity contribution is 6.33. The van der Waals surface area contributed by atoms with Crippen molar-refractivity contribution in [1.29, 1.82) is 0 Å². The molecule has 1 heterocycles. The van der Waals surface area contributed by atoms with E-state index < -0.39 is 0 Å². The summed E-state index contributed by atoms with van der Waals surface area (Å²) in [6.45, 7) is 0.610. The molecule has 0 saturated heterocycles. The predicted octanol–water partition coefficient (Wildman–Crippen LogP) is 5.48. The largest absolute Gasteiger partial charge is 0.351 e. The number of amides is 1. The third kappa shape index (κ3) is 4.67. The molecule has 0 saturated carbocycles. The van der Waals surface area contributed by atoms with Gasteiger partial charge in [0.15, 0.2) is 0 Å². The second-order valence-electron chi connectivity index (χ2n) is 6.33. The number of unbranched alkanes of at least 4 members (excludes halogenated alkanes) is 3. The number of nitrogens with zero attached hydrogens (tertiary/aromatic N) is 1. The van der Waals surface area contributed by atoms with Crippen molar-refractivity contribution < 1.29 is 4.79 Å². The van der Waals surface area contributed by atoms with Crippen molar-refractivity contribution in [3.05, 3.63) is 65.3 Å². The van der Waals surface area contributed by atoms with Gasteiger partial charge in [-0.05, 0) is 30.4 Å². The smallest absolute Gasteiger partial charge is 0.269 e. The van der Waals surface area contributed by atoms with Crippen LogP contribution in [-0.4, -0.2) is 17.4 Å². The lowest BCUT2D eigenvalue weighted by atomic mass is 10.0. The van der Waals surface area contributed by atoms with E-state index in [1.807, 2.05) is 54.6 Å². The number of nitrogens with one attached hydrogen (secondary N) is 1. The highest BCUT2D eigenvalue weighted by Crippen LogP contribution is 2.32. The van der Waals surface area contributed by atoms with Gasteiger partial charge in [0.2, 0.25) is 0 Å². The van der Waals surface area contributed by atoms with E-state index in [9.17, 15) is 4.79 Å². The molecule has 1 amide bonds. The molecule has 3 nitrogen and oxygen atoms in total. The number of hydrogen-bond donors (Lipinski definition) is 1. The Morgan fingerprint density at radius 2 is 1.85 bits per heavy atom. The van der Waals surface area contributed by atoms with E-state index in [0.717, 1.165) is 47.7 Å². The van der Waals surface area contributed by atoms with E-state index in [-0.39, 0.29) is 5.91 Å². The SMILES string of the molecule is C#CCCCCCNC(=O)c1cc2ccccc2c(-c2ccccc2Cl)n1. The van der Waals surface area contributed by atoms with Crippen LogP contribution in [0.4, 0.5) is 0 Å². The van der Waals surface area contributed by atoms with E-state index in [0.29, 0.717) is 17.3 Å². The summed E-state index contributed by atoms with van der Waals surface area (Å²) in [5, 5.41) is 5.49. The number of terminal acetylenes is 1. The van der Waals surface area contributed by atoms with E-state index in [4.69, 9.17) is 18.0 Å². The van der Waals surface area contributed by atoms with Crippen LogP contribution >= 0.6 is 11.6 Å². The van der Waals surface area contributed by atoms with Gasteiger partial charge in [-0.25, -0.2) is 4.98 Å². The van der Waals surface area contributed by atoms with Gasteiger partial charge in [-0.1, -0.05) is 60.5 Å². The summed E-state index contributed by atoms with van der Waals surface area (Å²) in [6, 6.07) is 17.3. The maximum Gasteiger partial charge on any atom is 0.269 e. The lowest BCUT2D eigenvalue weighted by Crippen LogP contribution is -2.25. The monoisotopic (exact) mass is 376 g/mol. The van der Waals surface area contributed by atoms with E-state index in [1.165, 1.54) is 0 Å². The Morgan fingerprint density at radius 1 is 1.07 bits per heavy atom. The van der Waals surface area contributed by atoms with Gasteiger partial charge < -0.3 is 5.32 Å².